The highest BCUT2D eigenvalue weighted by atomic mass is 35.5. The number of pyridine rings is 1. The number of ether oxygens (including phenoxy) is 1. The van der Waals surface area contributed by atoms with E-state index in [1.165, 1.54) is 6.33 Å². The average Bonchev–Trinajstić information content (AvgIpc) is 3.28. The van der Waals surface area contributed by atoms with Gasteiger partial charge in [-0.25, -0.2) is 4.68 Å². The maximum Gasteiger partial charge on any atom is 0.226 e. The summed E-state index contributed by atoms with van der Waals surface area (Å²) in [5.74, 6) is 1.33. The molecule has 6 nitrogen and oxygen atoms in total. The molecule has 32 heavy (non-hydrogen) atoms. The minimum Gasteiger partial charge on any atom is -0.480 e. The predicted molar refractivity (Wildman–Crippen MR) is 124 cm³/mol. The molecule has 2 atom stereocenters. The van der Waals surface area contributed by atoms with Crippen LogP contribution in [0.1, 0.15) is 28.8 Å². The first-order valence-electron chi connectivity index (χ1n) is 9.82. The van der Waals surface area contributed by atoms with Gasteiger partial charge in [-0.05, 0) is 47.5 Å². The van der Waals surface area contributed by atoms with E-state index in [9.17, 15) is 0 Å². The molecule has 9 heteroatoms. The third-order valence-corrected chi connectivity index (χ3v) is 6.60. The van der Waals surface area contributed by atoms with Crippen LogP contribution in [0.5, 0.6) is 5.75 Å². The molecule has 2 aromatic carbocycles. The fourth-order valence-corrected chi connectivity index (χ4v) is 4.73. The predicted octanol–water partition coefficient (Wildman–Crippen LogP) is 6.19. The minimum absolute atomic E-state index is 0.302. The molecule has 0 unspecified atom stereocenters. The van der Waals surface area contributed by atoms with Crippen molar-refractivity contribution in [2.45, 2.75) is 12.1 Å². The van der Waals surface area contributed by atoms with E-state index >= 15 is 0 Å². The molecular formula is C23H14Cl3N5O. The Labute approximate surface area is 198 Å². The number of nitrogens with one attached hydrogen (secondary N) is 1. The lowest BCUT2D eigenvalue weighted by atomic mass is 9.85. The summed E-state index contributed by atoms with van der Waals surface area (Å²) in [5, 5.41) is 9.48. The summed E-state index contributed by atoms with van der Waals surface area (Å²) in [4.78, 5) is 8.75. The fourth-order valence-electron chi connectivity index (χ4n) is 4.25. The van der Waals surface area contributed by atoms with E-state index in [0.717, 1.165) is 28.0 Å². The zero-order chi connectivity index (χ0) is 21.8. The van der Waals surface area contributed by atoms with Crippen molar-refractivity contribution in [3.05, 3.63) is 105 Å². The van der Waals surface area contributed by atoms with Crippen molar-refractivity contribution < 1.29 is 4.74 Å². The molecule has 2 aromatic heterocycles. The molecule has 4 aromatic rings. The molecule has 6 rings (SSSR count). The number of nitrogens with zero attached hydrogens (tertiary/aromatic N) is 4. The first-order valence-corrected chi connectivity index (χ1v) is 11.0. The van der Waals surface area contributed by atoms with Gasteiger partial charge < -0.3 is 10.1 Å². The SMILES string of the molecule is Clc1ccc2c(c1)C1=C([C@@H](c3ccc(Cl)c(Cl)c3)O2)[C@@H](c2cccnc2)n2ncnc2N1. The van der Waals surface area contributed by atoms with Crippen molar-refractivity contribution in [3.8, 4) is 5.75 Å². The zero-order valence-corrected chi connectivity index (χ0v) is 18.6. The molecule has 0 spiro atoms. The van der Waals surface area contributed by atoms with Crippen LogP contribution >= 0.6 is 34.8 Å². The van der Waals surface area contributed by atoms with Gasteiger partial charge in [0.2, 0.25) is 5.95 Å². The Bertz CT molecular complexity index is 1390. The number of fused-ring (bicyclic) bond motifs is 3. The molecule has 2 aliphatic heterocycles. The normalized spacial score (nSPS) is 18.8. The molecule has 0 fully saturated rings. The number of halogens is 3. The van der Waals surface area contributed by atoms with Crippen LogP contribution in [0.25, 0.3) is 5.70 Å². The molecule has 0 aliphatic carbocycles. The summed E-state index contributed by atoms with van der Waals surface area (Å²) in [6.45, 7) is 0. The highest BCUT2D eigenvalue weighted by Gasteiger charge is 2.41. The van der Waals surface area contributed by atoms with Crippen LogP contribution < -0.4 is 10.1 Å². The van der Waals surface area contributed by atoms with E-state index in [1.54, 1.807) is 12.3 Å². The van der Waals surface area contributed by atoms with Crippen molar-refractivity contribution in [1.82, 2.24) is 19.7 Å². The molecule has 0 saturated heterocycles. The Hall–Kier alpha value is -3.06. The summed E-state index contributed by atoms with van der Waals surface area (Å²) >= 11 is 18.9. The summed E-state index contributed by atoms with van der Waals surface area (Å²) in [5.41, 5.74) is 4.49. The van der Waals surface area contributed by atoms with Gasteiger partial charge in [-0.15, -0.1) is 0 Å². The molecule has 0 radical (unpaired) electrons. The second-order valence-corrected chi connectivity index (χ2v) is 8.74. The monoisotopic (exact) mass is 481 g/mol. The van der Waals surface area contributed by atoms with E-state index in [1.807, 2.05) is 53.3 Å². The van der Waals surface area contributed by atoms with Crippen LogP contribution in [0.15, 0.2) is 72.8 Å². The van der Waals surface area contributed by atoms with E-state index in [0.29, 0.717) is 26.8 Å². The lowest BCUT2D eigenvalue weighted by Crippen LogP contribution is -2.32. The highest BCUT2D eigenvalue weighted by molar-refractivity contribution is 6.42. The van der Waals surface area contributed by atoms with Crippen molar-refractivity contribution in [2.24, 2.45) is 0 Å². The highest BCUT2D eigenvalue weighted by Crippen LogP contribution is 2.51. The molecule has 1 N–H and O–H groups in total. The van der Waals surface area contributed by atoms with Crippen LogP contribution in [0.2, 0.25) is 15.1 Å². The van der Waals surface area contributed by atoms with Gasteiger partial charge in [0.25, 0.3) is 0 Å². The molecule has 0 bridgehead atoms. The molecular weight excluding hydrogens is 469 g/mol. The molecule has 158 valence electrons. The second-order valence-electron chi connectivity index (χ2n) is 7.48. The molecule has 0 saturated carbocycles. The van der Waals surface area contributed by atoms with Crippen LogP contribution in [-0.2, 0) is 0 Å². The van der Waals surface area contributed by atoms with Gasteiger partial charge in [0.1, 0.15) is 24.2 Å². The van der Waals surface area contributed by atoms with Crippen molar-refractivity contribution in [2.75, 3.05) is 5.32 Å². The van der Waals surface area contributed by atoms with Gasteiger partial charge in [-0.2, -0.15) is 10.1 Å². The quantitative estimate of drug-likeness (QED) is 0.369. The Morgan fingerprint density at radius 3 is 2.69 bits per heavy atom. The van der Waals surface area contributed by atoms with Crippen LogP contribution in [-0.4, -0.2) is 19.7 Å². The number of anilines is 1. The number of hydrogen-bond acceptors (Lipinski definition) is 5. The first-order chi connectivity index (χ1) is 15.6. The van der Waals surface area contributed by atoms with Crippen molar-refractivity contribution in [3.63, 3.8) is 0 Å². The average molecular weight is 483 g/mol. The van der Waals surface area contributed by atoms with E-state index in [-0.39, 0.29) is 6.04 Å². The smallest absolute Gasteiger partial charge is 0.226 e. The summed E-state index contributed by atoms with van der Waals surface area (Å²) in [6, 6.07) is 14.7. The molecule has 2 aliphatic rings. The van der Waals surface area contributed by atoms with Crippen molar-refractivity contribution >= 4 is 46.4 Å². The third kappa shape index (κ3) is 3.06. The molecule has 0 amide bonds. The minimum atomic E-state index is -0.455. The van der Waals surface area contributed by atoms with Gasteiger partial charge in [-0.1, -0.05) is 46.9 Å². The van der Waals surface area contributed by atoms with E-state index in [4.69, 9.17) is 39.5 Å². The number of aromatic nitrogens is 4. The first kappa shape index (κ1) is 19.6. The lowest BCUT2D eigenvalue weighted by Gasteiger charge is -2.39. The van der Waals surface area contributed by atoms with Gasteiger partial charge in [0.05, 0.1) is 15.7 Å². The fraction of sp³-hybridized carbons (Fsp3) is 0.0870. The number of hydrogen-bond donors (Lipinski definition) is 1. The molecule has 4 heterocycles. The van der Waals surface area contributed by atoms with E-state index in [2.05, 4.69) is 20.4 Å². The zero-order valence-electron chi connectivity index (χ0n) is 16.3. The Morgan fingerprint density at radius 1 is 0.969 bits per heavy atom. The van der Waals surface area contributed by atoms with Crippen LogP contribution in [0.4, 0.5) is 5.95 Å². The van der Waals surface area contributed by atoms with E-state index < -0.39 is 6.10 Å². The number of benzene rings is 2. The van der Waals surface area contributed by atoms with Crippen LogP contribution in [0.3, 0.4) is 0 Å². The van der Waals surface area contributed by atoms with Gasteiger partial charge in [0, 0.05) is 28.6 Å². The standard InChI is InChI=1S/C23H14Cl3N5O/c24-14-4-6-18-15(9-14)20-19(22(32-18)12-3-5-16(25)17(26)8-12)21(13-2-1-7-27-10-13)31-23(30-20)28-11-29-31/h1-11,21-22H,(H,28,29,30)/t21-,22-/m1/s1. The van der Waals surface area contributed by atoms with Crippen LogP contribution in [0, 0.1) is 0 Å². The summed E-state index contributed by atoms with van der Waals surface area (Å²) in [7, 11) is 0. The topological polar surface area (TPSA) is 64.9 Å². The maximum absolute atomic E-state index is 6.54. The Kier molecular flexibility index (Phi) is 4.61. The largest absolute Gasteiger partial charge is 0.480 e. The van der Waals surface area contributed by atoms with Gasteiger partial charge >= 0.3 is 0 Å². The van der Waals surface area contributed by atoms with Crippen molar-refractivity contribution in [1.29, 1.82) is 0 Å². The maximum atomic E-state index is 6.54. The summed E-state index contributed by atoms with van der Waals surface area (Å²) in [6.07, 6.45) is 4.64. The Balaban J connectivity index is 1.64. The van der Waals surface area contributed by atoms with Gasteiger partial charge in [0.15, 0.2) is 0 Å². The second kappa shape index (κ2) is 7.52. The number of rotatable bonds is 2. The third-order valence-electron chi connectivity index (χ3n) is 5.62. The lowest BCUT2D eigenvalue weighted by molar-refractivity contribution is 0.223. The Morgan fingerprint density at radius 2 is 1.88 bits per heavy atom. The van der Waals surface area contributed by atoms with Gasteiger partial charge in [-0.3, -0.25) is 4.98 Å². The summed E-state index contributed by atoms with van der Waals surface area (Å²) < 4.78 is 8.37.